The molecule has 0 radical (unpaired) electrons. The molecule has 6 aromatic rings. The lowest BCUT2D eigenvalue weighted by atomic mass is 10.0. The molecule has 6 heterocycles. The minimum absolute atomic E-state index is 0.0712. The van der Waals surface area contributed by atoms with E-state index in [4.69, 9.17) is 11.6 Å². The summed E-state index contributed by atoms with van der Waals surface area (Å²) in [6.45, 7) is 2.63. The zero-order valence-electron chi connectivity index (χ0n) is 23.7. The molecule has 2 N–H and O–H groups in total. The Bertz CT molecular complexity index is 2260. The van der Waals surface area contributed by atoms with Crippen LogP contribution in [0.5, 0.6) is 0 Å². The summed E-state index contributed by atoms with van der Waals surface area (Å²) in [7, 11) is 0. The number of rotatable bonds is 2. The molecule has 0 aliphatic carbocycles. The number of amides is 2. The van der Waals surface area contributed by atoms with E-state index in [2.05, 4.69) is 32.7 Å². The van der Waals surface area contributed by atoms with Crippen LogP contribution in [0.4, 0.5) is 0 Å². The molecule has 2 aromatic carbocycles. The number of carbonyl (C=O) groups excluding carboxylic acids is 2. The third-order valence-electron chi connectivity index (χ3n) is 7.96. The van der Waals surface area contributed by atoms with Gasteiger partial charge in [0.1, 0.15) is 16.5 Å². The van der Waals surface area contributed by atoms with Gasteiger partial charge in [0.15, 0.2) is 0 Å². The van der Waals surface area contributed by atoms with E-state index in [1.807, 2.05) is 57.7 Å². The van der Waals surface area contributed by atoms with Gasteiger partial charge in [0.2, 0.25) is 0 Å². The summed E-state index contributed by atoms with van der Waals surface area (Å²) in [4.78, 5) is 32.3. The van der Waals surface area contributed by atoms with Crippen LogP contribution in [-0.4, -0.2) is 44.0 Å². The van der Waals surface area contributed by atoms with Crippen LogP contribution in [0.1, 0.15) is 32.1 Å². The smallest absolute Gasteiger partial charge is 0.268 e. The highest BCUT2D eigenvalue weighted by Gasteiger charge is 2.23. The van der Waals surface area contributed by atoms with Gasteiger partial charge in [-0.2, -0.15) is 10.5 Å². The number of carbonyl (C=O) groups is 2. The Morgan fingerprint density at radius 2 is 1.31 bits per heavy atom. The van der Waals surface area contributed by atoms with Crippen LogP contribution in [0.25, 0.3) is 44.1 Å². The van der Waals surface area contributed by atoms with E-state index in [1.165, 1.54) is 0 Å². The van der Waals surface area contributed by atoms with Crippen molar-refractivity contribution in [2.45, 2.75) is 13.1 Å². The summed E-state index contributed by atoms with van der Waals surface area (Å²) in [5.41, 5.74) is 7.93. The average molecular weight is 611 g/mol. The first-order valence-corrected chi connectivity index (χ1v) is 14.6. The van der Waals surface area contributed by atoms with Crippen LogP contribution in [0.2, 0.25) is 5.15 Å². The highest BCUT2D eigenvalue weighted by molar-refractivity contribution is 6.29. The Labute approximate surface area is 262 Å². The number of nitrogens with zero attached hydrogens (tertiary/aromatic N) is 6. The Balaban J connectivity index is 0.000000145. The third-order valence-corrected chi connectivity index (χ3v) is 8.17. The molecule has 0 fully saturated rings. The van der Waals surface area contributed by atoms with Crippen LogP contribution in [0.3, 0.4) is 0 Å². The Hall–Kier alpha value is -5.97. The normalized spacial score (nSPS) is 13.5. The first kappa shape index (κ1) is 27.8. The topological polar surface area (TPSA) is 141 Å². The van der Waals surface area contributed by atoms with Gasteiger partial charge in [-0.25, -0.2) is 4.98 Å². The Morgan fingerprint density at radius 3 is 1.82 bits per heavy atom. The summed E-state index contributed by atoms with van der Waals surface area (Å²) in [6.07, 6.45) is 5.13. The molecular weight excluding hydrogens is 588 g/mol. The van der Waals surface area contributed by atoms with Crippen molar-refractivity contribution in [3.05, 3.63) is 107 Å². The predicted molar refractivity (Wildman–Crippen MR) is 169 cm³/mol. The zero-order chi connectivity index (χ0) is 31.1. The van der Waals surface area contributed by atoms with Gasteiger partial charge in [0.25, 0.3) is 11.8 Å². The number of nitriles is 2. The molecule has 0 bridgehead atoms. The van der Waals surface area contributed by atoms with Crippen molar-refractivity contribution >= 4 is 45.2 Å². The summed E-state index contributed by atoms with van der Waals surface area (Å²) in [6, 6.07) is 22.8. The number of fused-ring (bicyclic) bond motifs is 6. The van der Waals surface area contributed by atoms with Crippen molar-refractivity contribution in [2.75, 3.05) is 13.1 Å². The van der Waals surface area contributed by atoms with Crippen LogP contribution < -0.4 is 10.6 Å². The Kier molecular flexibility index (Phi) is 6.97. The minimum Gasteiger partial charge on any atom is -0.349 e. The quantitative estimate of drug-likeness (QED) is 0.255. The number of halogens is 1. The van der Waals surface area contributed by atoms with Crippen molar-refractivity contribution in [2.24, 2.45) is 0 Å². The first-order valence-electron chi connectivity index (χ1n) is 14.2. The van der Waals surface area contributed by atoms with Gasteiger partial charge in [-0.05, 0) is 60.2 Å². The lowest BCUT2D eigenvalue weighted by molar-refractivity contribution is 0.0921. The minimum atomic E-state index is -0.0929. The van der Waals surface area contributed by atoms with Gasteiger partial charge < -0.3 is 19.8 Å². The van der Waals surface area contributed by atoms with Crippen LogP contribution >= 0.6 is 11.6 Å². The van der Waals surface area contributed by atoms with E-state index < -0.39 is 0 Å². The van der Waals surface area contributed by atoms with Crippen molar-refractivity contribution in [1.29, 1.82) is 10.5 Å². The fraction of sp³-hybridized carbons (Fsp3) is 0.118. The predicted octanol–water partition coefficient (Wildman–Crippen LogP) is 5.29. The lowest BCUT2D eigenvalue weighted by Crippen LogP contribution is -2.34. The zero-order valence-corrected chi connectivity index (χ0v) is 24.5. The molecule has 2 amide bonds. The van der Waals surface area contributed by atoms with Gasteiger partial charge in [-0.15, -0.1) is 0 Å². The molecule has 4 aromatic heterocycles. The largest absolute Gasteiger partial charge is 0.349 e. The molecule has 2 aliphatic heterocycles. The van der Waals surface area contributed by atoms with E-state index in [0.29, 0.717) is 47.3 Å². The number of nitrogens with one attached hydrogen (secondary N) is 2. The second-order valence-corrected chi connectivity index (χ2v) is 11.0. The van der Waals surface area contributed by atoms with E-state index in [-0.39, 0.29) is 11.8 Å². The van der Waals surface area contributed by atoms with Gasteiger partial charge in [-0.1, -0.05) is 17.7 Å². The molecular formula is C34H23ClN8O2. The van der Waals surface area contributed by atoms with Crippen LogP contribution in [0.15, 0.2) is 79.3 Å². The molecule has 11 heteroatoms. The molecule has 2 aliphatic rings. The number of hydrogen-bond acceptors (Lipinski definition) is 6. The van der Waals surface area contributed by atoms with Crippen molar-refractivity contribution in [3.8, 4) is 34.4 Å². The summed E-state index contributed by atoms with van der Waals surface area (Å²) in [5.74, 6) is -0.164. The molecule has 45 heavy (non-hydrogen) atoms. The fourth-order valence-corrected chi connectivity index (χ4v) is 6.25. The maximum absolute atomic E-state index is 12.1. The van der Waals surface area contributed by atoms with E-state index in [0.717, 1.165) is 50.6 Å². The maximum atomic E-state index is 12.1. The highest BCUT2D eigenvalue weighted by Crippen LogP contribution is 2.35. The molecule has 0 spiro atoms. The maximum Gasteiger partial charge on any atom is 0.268 e. The van der Waals surface area contributed by atoms with Crippen molar-refractivity contribution < 1.29 is 9.59 Å². The summed E-state index contributed by atoms with van der Waals surface area (Å²) in [5, 5.41) is 26.4. The molecule has 0 atom stereocenters. The summed E-state index contributed by atoms with van der Waals surface area (Å²) >= 11 is 6.01. The van der Waals surface area contributed by atoms with E-state index in [9.17, 15) is 20.1 Å². The monoisotopic (exact) mass is 610 g/mol. The SMILES string of the molecule is N#Cc1cc(-c2cccnc2)c2c(c1)cc1n2CCNC1=O.N#Cc1cc(-c2ccnc(Cl)c2)c2c(c1)cc1n2CCNC1=O. The molecule has 0 saturated carbocycles. The number of hydrogen-bond donors (Lipinski definition) is 2. The Morgan fingerprint density at radius 1 is 0.733 bits per heavy atom. The van der Waals surface area contributed by atoms with Gasteiger partial charge in [0, 0.05) is 72.2 Å². The first-order chi connectivity index (χ1) is 21.9. The molecule has 0 unspecified atom stereocenters. The number of pyridine rings is 2. The second-order valence-electron chi connectivity index (χ2n) is 10.6. The standard InChI is InChI=1S/C17H11ClN4O.C17H12N4O/c18-15-8-11(1-2-20-15)13-6-10(9-19)5-12-7-14-17(23)21-3-4-22(14)16(12)13;18-9-11-6-13-8-15-17(22)20-4-5-21(15)16(13)14(7-11)12-2-1-3-19-10-12/h1-2,5-8H,3-4H2,(H,21,23);1-3,6-8,10H,4-5H2,(H,20,22). The molecule has 0 saturated heterocycles. The number of benzene rings is 2. The molecule has 10 nitrogen and oxygen atoms in total. The van der Waals surface area contributed by atoms with Crippen molar-refractivity contribution in [3.63, 3.8) is 0 Å². The average Bonchev–Trinajstić information content (AvgIpc) is 3.65. The van der Waals surface area contributed by atoms with Gasteiger partial charge >= 0.3 is 0 Å². The third kappa shape index (κ3) is 4.93. The van der Waals surface area contributed by atoms with Crippen LogP contribution in [0, 0.1) is 22.7 Å². The van der Waals surface area contributed by atoms with Gasteiger partial charge in [0.05, 0.1) is 34.3 Å². The van der Waals surface area contributed by atoms with Crippen molar-refractivity contribution in [1.82, 2.24) is 29.7 Å². The van der Waals surface area contributed by atoms with E-state index in [1.54, 1.807) is 30.7 Å². The summed E-state index contributed by atoms with van der Waals surface area (Å²) < 4.78 is 4.02. The highest BCUT2D eigenvalue weighted by atomic mass is 35.5. The second kappa shape index (κ2) is 11.3. The molecule has 218 valence electrons. The molecule has 8 rings (SSSR count). The van der Waals surface area contributed by atoms with E-state index >= 15 is 0 Å². The number of aromatic nitrogens is 4. The van der Waals surface area contributed by atoms with Crippen LogP contribution in [-0.2, 0) is 13.1 Å². The van der Waals surface area contributed by atoms with Gasteiger partial charge in [-0.3, -0.25) is 14.6 Å². The fourth-order valence-electron chi connectivity index (χ4n) is 6.07. The lowest BCUT2D eigenvalue weighted by Gasteiger charge is -2.18.